The third kappa shape index (κ3) is 6.17. The van der Waals surface area contributed by atoms with Gasteiger partial charge in [-0.25, -0.2) is 8.42 Å². The molecule has 10 nitrogen and oxygen atoms in total. The number of benzene rings is 1. The Balaban J connectivity index is 2.43. The summed E-state index contributed by atoms with van der Waals surface area (Å²) in [5, 5.41) is 0. The Morgan fingerprint density at radius 2 is 1.48 bits per heavy atom. The molecule has 0 bridgehead atoms. The van der Waals surface area contributed by atoms with Crippen molar-refractivity contribution in [1.82, 2.24) is 9.21 Å². The highest BCUT2D eigenvalue weighted by Crippen LogP contribution is 2.29. The molecule has 1 fully saturated rings. The zero-order chi connectivity index (χ0) is 23.0. The Morgan fingerprint density at radius 1 is 0.935 bits per heavy atom. The summed E-state index contributed by atoms with van der Waals surface area (Å²) in [6.07, 6.45) is 3.42. The second kappa shape index (κ2) is 11.1. The first kappa shape index (κ1) is 24.6. The van der Waals surface area contributed by atoms with Gasteiger partial charge >= 0.3 is 11.9 Å². The second-order valence-corrected chi connectivity index (χ2v) is 8.90. The summed E-state index contributed by atoms with van der Waals surface area (Å²) in [5.74, 6) is -2.08. The summed E-state index contributed by atoms with van der Waals surface area (Å²) >= 11 is 0. The van der Waals surface area contributed by atoms with Gasteiger partial charge in [-0.1, -0.05) is 12.8 Å². The van der Waals surface area contributed by atoms with Gasteiger partial charge in [-0.2, -0.15) is 4.31 Å². The Kier molecular flexibility index (Phi) is 8.81. The number of esters is 2. The van der Waals surface area contributed by atoms with E-state index in [9.17, 15) is 22.8 Å². The first-order valence-electron chi connectivity index (χ1n) is 9.85. The van der Waals surface area contributed by atoms with Gasteiger partial charge in [0.25, 0.3) is 5.91 Å². The SMILES string of the molecule is COC(=O)CN(CC(=O)OC)C(=O)c1ccc(OC)c(S(=O)(=O)N2CCCCCC2)c1. The minimum atomic E-state index is -3.91. The Hall–Kier alpha value is -2.66. The number of methoxy groups -OCH3 is 3. The van der Waals surface area contributed by atoms with E-state index in [2.05, 4.69) is 9.47 Å². The number of hydrogen-bond donors (Lipinski definition) is 0. The largest absolute Gasteiger partial charge is 0.495 e. The molecule has 11 heteroatoms. The van der Waals surface area contributed by atoms with Crippen LogP contribution in [-0.2, 0) is 29.1 Å². The maximum Gasteiger partial charge on any atom is 0.325 e. The molecule has 1 amide bonds. The molecule has 0 atom stereocenters. The number of carbonyl (C=O) groups excluding carboxylic acids is 3. The summed E-state index contributed by atoms with van der Waals surface area (Å²) in [6, 6.07) is 3.97. The van der Waals surface area contributed by atoms with Crippen LogP contribution in [0.3, 0.4) is 0 Å². The minimum absolute atomic E-state index is 0.0120. The number of sulfonamides is 1. The highest BCUT2D eigenvalue weighted by molar-refractivity contribution is 7.89. The van der Waals surface area contributed by atoms with Gasteiger partial charge in [-0.15, -0.1) is 0 Å². The molecule has 1 saturated heterocycles. The standard InChI is InChI=1S/C20H28N2O8S/c1-28-16-9-8-15(20(25)21(13-18(23)29-2)14-19(24)30-3)12-17(16)31(26,27)22-10-6-4-5-7-11-22/h8-9,12H,4-7,10-11,13-14H2,1-3H3. The van der Waals surface area contributed by atoms with E-state index >= 15 is 0 Å². The van der Waals surface area contributed by atoms with Crippen LogP contribution in [-0.4, -0.2) is 83.0 Å². The molecule has 0 aliphatic carbocycles. The molecule has 1 aromatic carbocycles. The van der Waals surface area contributed by atoms with Crippen molar-refractivity contribution in [1.29, 1.82) is 0 Å². The molecule has 2 rings (SSSR count). The van der Waals surface area contributed by atoms with Gasteiger partial charge in [0.2, 0.25) is 10.0 Å². The summed E-state index contributed by atoms with van der Waals surface area (Å²) < 4.78 is 42.4. The molecule has 1 heterocycles. The molecular weight excluding hydrogens is 428 g/mol. The molecule has 0 N–H and O–H groups in total. The molecule has 0 radical (unpaired) electrons. The Morgan fingerprint density at radius 3 is 1.97 bits per heavy atom. The van der Waals surface area contributed by atoms with Crippen LogP contribution in [0.4, 0.5) is 0 Å². The van der Waals surface area contributed by atoms with E-state index in [0.29, 0.717) is 13.1 Å². The molecule has 0 saturated carbocycles. The molecular formula is C20H28N2O8S. The van der Waals surface area contributed by atoms with Gasteiger partial charge in [-0.05, 0) is 31.0 Å². The fourth-order valence-electron chi connectivity index (χ4n) is 3.26. The van der Waals surface area contributed by atoms with Crippen LogP contribution in [0, 0.1) is 0 Å². The summed E-state index contributed by atoms with van der Waals surface area (Å²) in [4.78, 5) is 37.2. The second-order valence-electron chi connectivity index (χ2n) is 7.00. The first-order chi connectivity index (χ1) is 14.7. The van der Waals surface area contributed by atoms with E-state index < -0.39 is 41.0 Å². The molecule has 0 aromatic heterocycles. The van der Waals surface area contributed by atoms with E-state index in [1.807, 2.05) is 0 Å². The number of rotatable bonds is 8. The number of carbonyl (C=O) groups is 3. The van der Waals surface area contributed by atoms with Gasteiger partial charge in [0.1, 0.15) is 23.7 Å². The average Bonchev–Trinajstić information content (AvgIpc) is 3.07. The third-order valence-electron chi connectivity index (χ3n) is 4.98. The van der Waals surface area contributed by atoms with Crippen molar-refractivity contribution in [3.8, 4) is 5.75 Å². The fourth-order valence-corrected chi connectivity index (χ4v) is 4.95. The van der Waals surface area contributed by atoms with Crippen molar-refractivity contribution in [3.05, 3.63) is 23.8 Å². The van der Waals surface area contributed by atoms with Crippen molar-refractivity contribution in [2.75, 3.05) is 47.5 Å². The Labute approximate surface area is 182 Å². The summed E-state index contributed by atoms with van der Waals surface area (Å²) in [7, 11) is -0.254. The highest BCUT2D eigenvalue weighted by atomic mass is 32.2. The Bertz CT molecular complexity index is 890. The summed E-state index contributed by atoms with van der Waals surface area (Å²) in [6.45, 7) is -0.212. The smallest absolute Gasteiger partial charge is 0.325 e. The molecule has 1 aliphatic rings. The molecule has 1 aliphatic heterocycles. The lowest BCUT2D eigenvalue weighted by atomic mass is 10.2. The number of ether oxygens (including phenoxy) is 3. The van der Waals surface area contributed by atoms with Crippen molar-refractivity contribution in [2.45, 2.75) is 30.6 Å². The average molecular weight is 457 g/mol. The van der Waals surface area contributed by atoms with Crippen molar-refractivity contribution in [3.63, 3.8) is 0 Å². The maximum atomic E-state index is 13.3. The topological polar surface area (TPSA) is 120 Å². The van der Waals surface area contributed by atoms with Crippen LogP contribution in [0.5, 0.6) is 5.75 Å². The molecule has 0 spiro atoms. The van der Waals surface area contributed by atoms with E-state index in [-0.39, 0.29) is 16.2 Å². The van der Waals surface area contributed by atoms with E-state index in [4.69, 9.17) is 4.74 Å². The molecule has 172 valence electrons. The van der Waals surface area contributed by atoms with Crippen molar-refractivity contribution >= 4 is 27.9 Å². The van der Waals surface area contributed by atoms with Gasteiger partial charge in [0.05, 0.1) is 21.3 Å². The van der Waals surface area contributed by atoms with Crippen molar-refractivity contribution in [2.24, 2.45) is 0 Å². The quantitative estimate of drug-likeness (QED) is 0.533. The zero-order valence-electron chi connectivity index (χ0n) is 18.0. The fraction of sp³-hybridized carbons (Fsp3) is 0.550. The maximum absolute atomic E-state index is 13.3. The lowest BCUT2D eigenvalue weighted by Crippen LogP contribution is -2.40. The van der Waals surface area contributed by atoms with Crippen LogP contribution in [0.25, 0.3) is 0 Å². The van der Waals surface area contributed by atoms with E-state index in [1.165, 1.54) is 29.6 Å². The first-order valence-corrected chi connectivity index (χ1v) is 11.3. The minimum Gasteiger partial charge on any atom is -0.495 e. The van der Waals surface area contributed by atoms with Gasteiger partial charge in [-0.3, -0.25) is 14.4 Å². The van der Waals surface area contributed by atoms with Crippen LogP contribution in [0.1, 0.15) is 36.0 Å². The monoisotopic (exact) mass is 456 g/mol. The van der Waals surface area contributed by atoms with Gasteiger partial charge < -0.3 is 19.1 Å². The molecule has 1 aromatic rings. The third-order valence-corrected chi connectivity index (χ3v) is 6.90. The van der Waals surface area contributed by atoms with Crippen LogP contribution < -0.4 is 4.74 Å². The summed E-state index contributed by atoms with van der Waals surface area (Å²) in [5.41, 5.74) is -0.0120. The normalized spacial score (nSPS) is 14.9. The van der Waals surface area contributed by atoms with E-state index in [1.54, 1.807) is 0 Å². The van der Waals surface area contributed by atoms with Crippen LogP contribution in [0.2, 0.25) is 0 Å². The van der Waals surface area contributed by atoms with Crippen LogP contribution in [0.15, 0.2) is 23.1 Å². The predicted molar refractivity (Wildman–Crippen MR) is 110 cm³/mol. The molecule has 0 unspecified atom stereocenters. The highest BCUT2D eigenvalue weighted by Gasteiger charge is 2.30. The number of nitrogens with zero attached hydrogens (tertiary/aromatic N) is 2. The molecule has 31 heavy (non-hydrogen) atoms. The number of hydrogen-bond acceptors (Lipinski definition) is 8. The van der Waals surface area contributed by atoms with Gasteiger partial charge in [0.15, 0.2) is 0 Å². The van der Waals surface area contributed by atoms with Crippen molar-refractivity contribution < 1.29 is 37.0 Å². The lowest BCUT2D eigenvalue weighted by molar-refractivity contribution is -0.144. The predicted octanol–water partition coefficient (Wildman–Crippen LogP) is 1.05. The van der Waals surface area contributed by atoms with E-state index in [0.717, 1.165) is 44.8 Å². The van der Waals surface area contributed by atoms with Crippen LogP contribution >= 0.6 is 0 Å². The number of amides is 1. The lowest BCUT2D eigenvalue weighted by Gasteiger charge is -2.23. The zero-order valence-corrected chi connectivity index (χ0v) is 18.8. The van der Waals surface area contributed by atoms with Gasteiger partial charge in [0, 0.05) is 18.7 Å².